The highest BCUT2D eigenvalue weighted by molar-refractivity contribution is 7.89. The zero-order chi connectivity index (χ0) is 24.6. The van der Waals surface area contributed by atoms with E-state index in [-0.39, 0.29) is 22.8 Å². The Labute approximate surface area is 206 Å². The maximum Gasteiger partial charge on any atom is 0.272 e. The average molecular weight is 497 g/mol. The van der Waals surface area contributed by atoms with E-state index in [4.69, 9.17) is 0 Å². The number of hydrogen-bond acceptors (Lipinski definition) is 4. The molecule has 0 radical (unpaired) electrons. The van der Waals surface area contributed by atoms with Gasteiger partial charge in [0.2, 0.25) is 15.9 Å². The van der Waals surface area contributed by atoms with Gasteiger partial charge in [-0.2, -0.15) is 4.31 Å². The topological polar surface area (TPSA) is 111 Å². The molecule has 2 aromatic rings. The fraction of sp³-hybridized carbons (Fsp3) is 0.462. The molecule has 2 aliphatic carbocycles. The molecule has 9 heteroatoms. The monoisotopic (exact) mass is 496 g/mol. The third kappa shape index (κ3) is 4.54. The molecule has 2 heterocycles. The molecule has 1 unspecified atom stereocenters. The van der Waals surface area contributed by atoms with E-state index in [9.17, 15) is 18.0 Å². The summed E-state index contributed by atoms with van der Waals surface area (Å²) in [6.45, 7) is 3.86. The number of anilines is 1. The van der Waals surface area contributed by atoms with Crippen LogP contribution in [0.2, 0.25) is 0 Å². The molecule has 1 aliphatic heterocycles. The van der Waals surface area contributed by atoms with Gasteiger partial charge >= 0.3 is 0 Å². The minimum atomic E-state index is -3.71. The Kier molecular flexibility index (Phi) is 6.31. The summed E-state index contributed by atoms with van der Waals surface area (Å²) in [7, 11) is -3.71. The van der Waals surface area contributed by atoms with E-state index in [1.54, 1.807) is 28.6 Å². The van der Waals surface area contributed by atoms with Crippen molar-refractivity contribution in [2.24, 2.45) is 0 Å². The largest absolute Gasteiger partial charge is 0.354 e. The Morgan fingerprint density at radius 2 is 1.86 bits per heavy atom. The molecule has 3 aliphatic rings. The first-order chi connectivity index (χ1) is 16.8. The van der Waals surface area contributed by atoms with Gasteiger partial charge in [0.15, 0.2) is 0 Å². The molecule has 0 bridgehead atoms. The number of aromatic nitrogens is 1. The van der Waals surface area contributed by atoms with Crippen molar-refractivity contribution in [3.8, 4) is 0 Å². The SMILES string of the molecule is C=CC(=O)NC1CCN(S(=O)(=O)c2ccc(NC(=O)c3cc4c([nH]3)CCCC4)cc2)C2(CCC2)C1. The van der Waals surface area contributed by atoms with E-state index in [1.165, 1.54) is 11.6 Å². The van der Waals surface area contributed by atoms with Gasteiger partial charge in [-0.3, -0.25) is 9.59 Å². The fourth-order valence-corrected chi connectivity index (χ4v) is 7.58. The number of carbonyl (C=O) groups excluding carboxylic acids is 2. The van der Waals surface area contributed by atoms with Gasteiger partial charge < -0.3 is 15.6 Å². The first kappa shape index (κ1) is 23.8. The Morgan fingerprint density at radius 1 is 1.11 bits per heavy atom. The lowest BCUT2D eigenvalue weighted by Gasteiger charge is -2.54. The molecule has 186 valence electrons. The molecule has 1 saturated carbocycles. The van der Waals surface area contributed by atoms with Gasteiger partial charge in [-0.05, 0) is 99.8 Å². The van der Waals surface area contributed by atoms with Crippen LogP contribution in [0.1, 0.15) is 66.7 Å². The van der Waals surface area contributed by atoms with Crippen LogP contribution in [0.3, 0.4) is 0 Å². The number of piperidine rings is 1. The minimum absolute atomic E-state index is 0.0523. The average Bonchev–Trinajstić information content (AvgIpc) is 3.28. The second-order valence-electron chi connectivity index (χ2n) is 9.93. The molecule has 2 fully saturated rings. The summed E-state index contributed by atoms with van der Waals surface area (Å²) in [4.78, 5) is 27.9. The van der Waals surface area contributed by atoms with Crippen LogP contribution in [-0.2, 0) is 27.7 Å². The van der Waals surface area contributed by atoms with E-state index in [2.05, 4.69) is 22.2 Å². The number of aromatic amines is 1. The highest BCUT2D eigenvalue weighted by Gasteiger charge is 2.51. The molecule has 1 atom stereocenters. The number of nitrogens with zero attached hydrogens (tertiary/aromatic N) is 1. The molecule has 1 aromatic heterocycles. The number of sulfonamides is 1. The van der Waals surface area contributed by atoms with Crippen LogP contribution in [0.25, 0.3) is 0 Å². The van der Waals surface area contributed by atoms with Crippen molar-refractivity contribution in [2.45, 2.75) is 74.3 Å². The van der Waals surface area contributed by atoms with E-state index in [0.29, 0.717) is 30.8 Å². The molecule has 8 nitrogen and oxygen atoms in total. The summed E-state index contributed by atoms with van der Waals surface area (Å²) in [5.41, 5.74) is 2.98. The molecule has 3 N–H and O–H groups in total. The number of aryl methyl sites for hydroxylation is 2. The summed E-state index contributed by atoms with van der Waals surface area (Å²) in [6, 6.07) is 8.26. The number of amides is 2. The van der Waals surface area contributed by atoms with Crippen molar-refractivity contribution in [1.29, 1.82) is 0 Å². The Balaban J connectivity index is 1.28. The zero-order valence-corrected chi connectivity index (χ0v) is 20.6. The van der Waals surface area contributed by atoms with Gasteiger partial charge in [-0.15, -0.1) is 0 Å². The van der Waals surface area contributed by atoms with Gasteiger partial charge in [0.05, 0.1) is 4.90 Å². The van der Waals surface area contributed by atoms with Gasteiger partial charge in [0.25, 0.3) is 5.91 Å². The number of benzene rings is 1. The van der Waals surface area contributed by atoms with Crippen molar-refractivity contribution >= 4 is 27.5 Å². The highest BCUT2D eigenvalue weighted by atomic mass is 32.2. The fourth-order valence-electron chi connectivity index (χ4n) is 5.73. The van der Waals surface area contributed by atoms with E-state index >= 15 is 0 Å². The predicted molar refractivity (Wildman–Crippen MR) is 134 cm³/mol. The van der Waals surface area contributed by atoms with E-state index < -0.39 is 15.6 Å². The number of nitrogens with one attached hydrogen (secondary N) is 3. The van der Waals surface area contributed by atoms with Crippen molar-refractivity contribution in [1.82, 2.24) is 14.6 Å². The molecule has 35 heavy (non-hydrogen) atoms. The van der Waals surface area contributed by atoms with Gasteiger partial charge in [0.1, 0.15) is 5.69 Å². The van der Waals surface area contributed by atoms with Crippen LogP contribution in [-0.4, -0.2) is 47.6 Å². The van der Waals surface area contributed by atoms with Gasteiger partial charge in [-0.1, -0.05) is 6.58 Å². The first-order valence-corrected chi connectivity index (χ1v) is 13.8. The smallest absolute Gasteiger partial charge is 0.272 e. The van der Waals surface area contributed by atoms with E-state index in [1.807, 2.05) is 6.07 Å². The maximum absolute atomic E-state index is 13.6. The lowest BCUT2D eigenvalue weighted by Crippen LogP contribution is -2.63. The Morgan fingerprint density at radius 3 is 2.51 bits per heavy atom. The van der Waals surface area contributed by atoms with Gasteiger partial charge in [0, 0.05) is 29.5 Å². The molecule has 2 amide bonds. The number of carbonyl (C=O) groups is 2. The standard InChI is InChI=1S/C26H32N4O4S/c1-2-24(31)27-20-12-15-30(26(17-20)13-5-14-26)35(33,34)21-10-8-19(9-11-21)28-25(32)23-16-18-6-3-4-7-22(18)29-23/h2,8-11,16,20,29H,1,3-7,12-15,17H2,(H,27,31)(H,28,32). The van der Waals surface area contributed by atoms with Crippen molar-refractivity contribution in [3.63, 3.8) is 0 Å². The van der Waals surface area contributed by atoms with E-state index in [0.717, 1.165) is 50.6 Å². The second-order valence-corrected chi connectivity index (χ2v) is 11.8. The lowest BCUT2D eigenvalue weighted by atomic mass is 9.70. The van der Waals surface area contributed by atoms with Crippen molar-refractivity contribution < 1.29 is 18.0 Å². The summed E-state index contributed by atoms with van der Waals surface area (Å²) < 4.78 is 28.8. The quantitative estimate of drug-likeness (QED) is 0.531. The molecule has 1 aromatic carbocycles. The summed E-state index contributed by atoms with van der Waals surface area (Å²) in [5, 5.41) is 5.80. The van der Waals surface area contributed by atoms with Crippen LogP contribution in [0.15, 0.2) is 47.9 Å². The first-order valence-electron chi connectivity index (χ1n) is 12.4. The second kappa shape index (κ2) is 9.28. The summed E-state index contributed by atoms with van der Waals surface area (Å²) in [5.74, 6) is -0.454. The van der Waals surface area contributed by atoms with Crippen LogP contribution in [0.5, 0.6) is 0 Å². The van der Waals surface area contributed by atoms with Crippen LogP contribution in [0.4, 0.5) is 5.69 Å². The molecule has 1 saturated heterocycles. The third-order valence-corrected chi connectivity index (χ3v) is 9.73. The predicted octanol–water partition coefficient (Wildman–Crippen LogP) is 3.52. The highest BCUT2D eigenvalue weighted by Crippen LogP contribution is 2.47. The Hall–Kier alpha value is -2.91. The number of hydrogen-bond donors (Lipinski definition) is 3. The third-order valence-electron chi connectivity index (χ3n) is 7.71. The van der Waals surface area contributed by atoms with Crippen LogP contribution < -0.4 is 10.6 Å². The number of fused-ring (bicyclic) bond motifs is 1. The van der Waals surface area contributed by atoms with Crippen molar-refractivity contribution in [3.05, 3.63) is 59.9 Å². The zero-order valence-electron chi connectivity index (χ0n) is 19.8. The van der Waals surface area contributed by atoms with Crippen LogP contribution >= 0.6 is 0 Å². The van der Waals surface area contributed by atoms with Crippen molar-refractivity contribution in [2.75, 3.05) is 11.9 Å². The molecule has 1 spiro atoms. The molecule has 5 rings (SSSR count). The maximum atomic E-state index is 13.6. The number of rotatable bonds is 6. The normalized spacial score (nSPS) is 21.5. The molecular weight excluding hydrogens is 464 g/mol. The lowest BCUT2D eigenvalue weighted by molar-refractivity contribution is -0.117. The van der Waals surface area contributed by atoms with Crippen LogP contribution in [0, 0.1) is 0 Å². The van der Waals surface area contributed by atoms with Gasteiger partial charge in [-0.25, -0.2) is 8.42 Å². The summed E-state index contributed by atoms with van der Waals surface area (Å²) >= 11 is 0. The Bertz CT molecular complexity index is 1220. The number of H-pyrrole nitrogens is 1. The molecular formula is C26H32N4O4S. The summed E-state index contributed by atoms with van der Waals surface area (Å²) in [6.07, 6.45) is 9.22. The minimum Gasteiger partial charge on any atom is -0.354 e.